The zero-order chi connectivity index (χ0) is 11.9. The summed E-state index contributed by atoms with van der Waals surface area (Å²) in [6.07, 6.45) is 1.25. The van der Waals surface area contributed by atoms with E-state index >= 15 is 0 Å². The van der Waals surface area contributed by atoms with Gasteiger partial charge in [0.1, 0.15) is 0 Å². The molecule has 1 heterocycles. The van der Waals surface area contributed by atoms with E-state index in [2.05, 4.69) is 57.8 Å². The van der Waals surface area contributed by atoms with Gasteiger partial charge in [0.2, 0.25) is 0 Å². The SMILES string of the molecule is CC(C)c1ccc2c(c1)C(C)(C)CCN2C. The molecule has 88 valence electrons. The van der Waals surface area contributed by atoms with E-state index in [9.17, 15) is 0 Å². The number of benzene rings is 1. The molecular formula is C15H23N. The van der Waals surface area contributed by atoms with Crippen LogP contribution in [0.4, 0.5) is 5.69 Å². The minimum Gasteiger partial charge on any atom is -0.374 e. The third-order valence-corrected chi connectivity index (χ3v) is 3.90. The Morgan fingerprint density at radius 1 is 1.25 bits per heavy atom. The second kappa shape index (κ2) is 3.80. The van der Waals surface area contributed by atoms with E-state index in [0.717, 1.165) is 0 Å². The maximum atomic E-state index is 2.41. The average molecular weight is 217 g/mol. The van der Waals surface area contributed by atoms with Crippen LogP contribution in [0.2, 0.25) is 0 Å². The molecule has 1 aliphatic rings. The van der Waals surface area contributed by atoms with Gasteiger partial charge in [-0.15, -0.1) is 0 Å². The Labute approximate surface area is 99.5 Å². The van der Waals surface area contributed by atoms with Gasteiger partial charge in [0.25, 0.3) is 0 Å². The summed E-state index contributed by atoms with van der Waals surface area (Å²) in [6.45, 7) is 10.4. The minimum absolute atomic E-state index is 0.326. The Hall–Kier alpha value is -0.980. The summed E-state index contributed by atoms with van der Waals surface area (Å²) in [7, 11) is 2.20. The predicted octanol–water partition coefficient (Wildman–Crippen LogP) is 3.93. The summed E-state index contributed by atoms with van der Waals surface area (Å²) in [4.78, 5) is 2.38. The van der Waals surface area contributed by atoms with Crippen molar-refractivity contribution in [3.8, 4) is 0 Å². The first kappa shape index (κ1) is 11.5. The minimum atomic E-state index is 0.326. The van der Waals surface area contributed by atoms with Crippen LogP contribution < -0.4 is 4.90 Å². The number of anilines is 1. The lowest BCUT2D eigenvalue weighted by molar-refractivity contribution is 0.461. The van der Waals surface area contributed by atoms with Gasteiger partial charge in [-0.3, -0.25) is 0 Å². The van der Waals surface area contributed by atoms with Gasteiger partial charge in [-0.05, 0) is 34.9 Å². The van der Waals surface area contributed by atoms with Crippen LogP contribution >= 0.6 is 0 Å². The van der Waals surface area contributed by atoms with Crippen molar-refractivity contribution in [1.82, 2.24) is 0 Å². The Kier molecular flexibility index (Phi) is 2.73. The number of hydrogen-bond donors (Lipinski definition) is 0. The summed E-state index contributed by atoms with van der Waals surface area (Å²) in [5, 5.41) is 0. The standard InChI is InChI=1S/C15H23N/c1-11(2)12-6-7-14-13(10-12)15(3,4)8-9-16(14)5/h6-7,10-11H,8-9H2,1-5H3. The first-order valence-corrected chi connectivity index (χ1v) is 6.27. The van der Waals surface area contributed by atoms with Crippen LogP contribution in [0, 0.1) is 0 Å². The molecule has 0 fully saturated rings. The normalized spacial score (nSPS) is 18.8. The topological polar surface area (TPSA) is 3.24 Å². The molecular weight excluding hydrogens is 194 g/mol. The molecule has 1 nitrogen and oxygen atoms in total. The van der Waals surface area contributed by atoms with Gasteiger partial charge in [-0.2, -0.15) is 0 Å². The molecule has 0 saturated heterocycles. The van der Waals surface area contributed by atoms with E-state index in [-0.39, 0.29) is 0 Å². The van der Waals surface area contributed by atoms with Gasteiger partial charge in [0, 0.05) is 19.3 Å². The fraction of sp³-hybridized carbons (Fsp3) is 0.600. The first-order chi connectivity index (χ1) is 7.42. The summed E-state index contributed by atoms with van der Waals surface area (Å²) in [6, 6.07) is 6.99. The van der Waals surface area contributed by atoms with Crippen LogP contribution in [-0.4, -0.2) is 13.6 Å². The van der Waals surface area contributed by atoms with Crippen molar-refractivity contribution in [2.45, 2.75) is 45.4 Å². The quantitative estimate of drug-likeness (QED) is 0.689. The van der Waals surface area contributed by atoms with Crippen LogP contribution in [-0.2, 0) is 5.41 Å². The lowest BCUT2D eigenvalue weighted by atomic mass is 9.76. The van der Waals surface area contributed by atoms with Crippen molar-refractivity contribution in [3.63, 3.8) is 0 Å². The largest absolute Gasteiger partial charge is 0.374 e. The number of fused-ring (bicyclic) bond motifs is 1. The van der Waals surface area contributed by atoms with E-state index < -0.39 is 0 Å². The highest BCUT2D eigenvalue weighted by molar-refractivity contribution is 5.59. The Bertz CT molecular complexity index is 390. The molecule has 1 aromatic carbocycles. The molecule has 0 spiro atoms. The molecule has 1 aliphatic heterocycles. The molecule has 0 bridgehead atoms. The molecule has 0 radical (unpaired) electrons. The van der Waals surface area contributed by atoms with Crippen molar-refractivity contribution in [3.05, 3.63) is 29.3 Å². The molecule has 0 amide bonds. The van der Waals surface area contributed by atoms with Gasteiger partial charge in [-0.25, -0.2) is 0 Å². The third kappa shape index (κ3) is 1.83. The summed E-state index contributed by atoms with van der Waals surface area (Å²) in [5.74, 6) is 0.619. The van der Waals surface area contributed by atoms with Crippen molar-refractivity contribution in [1.29, 1.82) is 0 Å². The van der Waals surface area contributed by atoms with Crippen LogP contribution in [0.3, 0.4) is 0 Å². The van der Waals surface area contributed by atoms with Gasteiger partial charge in [0.05, 0.1) is 0 Å². The molecule has 2 rings (SSSR count). The zero-order valence-corrected chi connectivity index (χ0v) is 11.2. The van der Waals surface area contributed by atoms with Gasteiger partial charge in [0.15, 0.2) is 0 Å². The molecule has 1 heteroatoms. The van der Waals surface area contributed by atoms with Crippen molar-refractivity contribution in [2.24, 2.45) is 0 Å². The Morgan fingerprint density at radius 2 is 1.94 bits per heavy atom. The average Bonchev–Trinajstić information content (AvgIpc) is 2.23. The monoisotopic (exact) mass is 217 g/mol. The van der Waals surface area contributed by atoms with Crippen LogP contribution in [0.1, 0.15) is 51.2 Å². The fourth-order valence-electron chi connectivity index (χ4n) is 2.49. The van der Waals surface area contributed by atoms with Crippen LogP contribution in [0.15, 0.2) is 18.2 Å². The molecule has 0 aliphatic carbocycles. The summed E-state index contributed by atoms with van der Waals surface area (Å²) < 4.78 is 0. The van der Waals surface area contributed by atoms with Gasteiger partial charge in [-0.1, -0.05) is 39.8 Å². The molecule has 0 atom stereocenters. The number of hydrogen-bond acceptors (Lipinski definition) is 1. The molecule has 0 N–H and O–H groups in total. The van der Waals surface area contributed by atoms with E-state index in [4.69, 9.17) is 0 Å². The second-order valence-electron chi connectivity index (χ2n) is 5.99. The Morgan fingerprint density at radius 3 is 2.56 bits per heavy atom. The van der Waals surface area contributed by atoms with Crippen molar-refractivity contribution >= 4 is 5.69 Å². The van der Waals surface area contributed by atoms with Crippen molar-refractivity contribution < 1.29 is 0 Å². The number of nitrogens with zero attached hydrogens (tertiary/aromatic N) is 1. The fourth-order valence-corrected chi connectivity index (χ4v) is 2.49. The van der Waals surface area contributed by atoms with Crippen LogP contribution in [0.25, 0.3) is 0 Å². The molecule has 1 aromatic rings. The highest BCUT2D eigenvalue weighted by atomic mass is 15.1. The molecule has 0 saturated carbocycles. The van der Waals surface area contributed by atoms with E-state index in [0.29, 0.717) is 11.3 Å². The van der Waals surface area contributed by atoms with Gasteiger partial charge >= 0.3 is 0 Å². The first-order valence-electron chi connectivity index (χ1n) is 6.27. The maximum absolute atomic E-state index is 2.41. The predicted molar refractivity (Wildman–Crippen MR) is 71.4 cm³/mol. The highest BCUT2D eigenvalue weighted by Gasteiger charge is 2.29. The highest BCUT2D eigenvalue weighted by Crippen LogP contribution is 2.40. The summed E-state index contributed by atoms with van der Waals surface area (Å²) in [5.41, 5.74) is 4.72. The van der Waals surface area contributed by atoms with Crippen molar-refractivity contribution in [2.75, 3.05) is 18.5 Å². The Balaban J connectivity index is 2.53. The molecule has 16 heavy (non-hydrogen) atoms. The molecule has 0 unspecified atom stereocenters. The lowest BCUT2D eigenvalue weighted by Gasteiger charge is -2.39. The second-order valence-corrected chi connectivity index (χ2v) is 5.99. The van der Waals surface area contributed by atoms with E-state index in [1.165, 1.54) is 29.8 Å². The van der Waals surface area contributed by atoms with Gasteiger partial charge < -0.3 is 4.90 Å². The molecule has 0 aromatic heterocycles. The zero-order valence-electron chi connectivity index (χ0n) is 11.2. The van der Waals surface area contributed by atoms with E-state index in [1.807, 2.05) is 0 Å². The number of rotatable bonds is 1. The third-order valence-electron chi connectivity index (χ3n) is 3.90. The lowest BCUT2D eigenvalue weighted by Crippen LogP contribution is -2.34. The smallest absolute Gasteiger partial charge is 0.0401 e. The maximum Gasteiger partial charge on any atom is 0.0401 e. The van der Waals surface area contributed by atoms with E-state index in [1.54, 1.807) is 0 Å². The van der Waals surface area contributed by atoms with Crippen LogP contribution in [0.5, 0.6) is 0 Å². The summed E-state index contributed by atoms with van der Waals surface area (Å²) >= 11 is 0.